The minimum Gasteiger partial charge on any atom is -0.321 e. The zero-order valence-electron chi connectivity index (χ0n) is 18.2. The van der Waals surface area contributed by atoms with E-state index in [1.807, 2.05) is 90.2 Å². The zero-order valence-corrected chi connectivity index (χ0v) is 19.0. The number of aromatic nitrogens is 2. The summed E-state index contributed by atoms with van der Waals surface area (Å²) in [5, 5.41) is 4.85. The Hall–Kier alpha value is -3.31. The van der Waals surface area contributed by atoms with E-state index < -0.39 is 4.75 Å². The average molecular weight is 440 g/mol. The molecule has 0 bridgehead atoms. The lowest BCUT2D eigenvalue weighted by Gasteiger charge is -2.24. The number of para-hydroxylation sites is 1. The van der Waals surface area contributed by atoms with Crippen LogP contribution in [0.15, 0.2) is 97.2 Å². The maximum atomic E-state index is 13.4. The van der Waals surface area contributed by atoms with Gasteiger partial charge < -0.3 is 4.90 Å². The van der Waals surface area contributed by atoms with Crippen molar-refractivity contribution in [3.63, 3.8) is 0 Å². The Morgan fingerprint density at radius 2 is 1.47 bits per heavy atom. The predicted molar refractivity (Wildman–Crippen MR) is 130 cm³/mol. The van der Waals surface area contributed by atoms with E-state index in [-0.39, 0.29) is 11.3 Å². The van der Waals surface area contributed by atoms with Gasteiger partial charge in [-0.3, -0.25) is 4.79 Å². The van der Waals surface area contributed by atoms with Crippen LogP contribution in [0.2, 0.25) is 0 Å². The summed E-state index contributed by atoms with van der Waals surface area (Å²) in [6, 6.07) is 30.5. The van der Waals surface area contributed by atoms with Crippen LogP contribution in [0.5, 0.6) is 0 Å². The monoisotopic (exact) mass is 439 g/mol. The molecule has 1 amide bonds. The fourth-order valence-corrected chi connectivity index (χ4v) is 5.49. The van der Waals surface area contributed by atoms with Crippen molar-refractivity contribution in [2.24, 2.45) is 0 Å². The first kappa shape index (κ1) is 20.6. The molecule has 5 rings (SSSR count). The van der Waals surface area contributed by atoms with Crippen molar-refractivity contribution in [2.45, 2.75) is 30.5 Å². The first-order valence-electron chi connectivity index (χ1n) is 10.8. The average Bonchev–Trinajstić information content (AvgIpc) is 3.36. The molecule has 0 saturated carbocycles. The number of amides is 1. The second-order valence-electron chi connectivity index (χ2n) is 8.48. The molecule has 3 aromatic carbocycles. The second kappa shape index (κ2) is 8.32. The molecule has 5 heteroatoms. The fourth-order valence-electron chi connectivity index (χ4n) is 4.11. The molecule has 1 fully saturated rings. The molecule has 0 spiro atoms. The highest BCUT2D eigenvalue weighted by Gasteiger charge is 2.47. The minimum absolute atomic E-state index is 0.120. The van der Waals surface area contributed by atoms with Gasteiger partial charge in [0.2, 0.25) is 5.91 Å². The lowest BCUT2D eigenvalue weighted by molar-refractivity contribution is -0.132. The van der Waals surface area contributed by atoms with Gasteiger partial charge in [0.25, 0.3) is 0 Å². The maximum absolute atomic E-state index is 13.4. The van der Waals surface area contributed by atoms with Gasteiger partial charge in [0.1, 0.15) is 5.37 Å². The number of benzene rings is 3. The van der Waals surface area contributed by atoms with Crippen molar-refractivity contribution in [3.05, 3.63) is 108 Å². The molecule has 1 aliphatic heterocycles. The first-order chi connectivity index (χ1) is 15.5. The Morgan fingerprint density at radius 1 is 0.875 bits per heavy atom. The van der Waals surface area contributed by atoms with Gasteiger partial charge >= 0.3 is 0 Å². The molecule has 0 N–H and O–H groups in total. The molecule has 32 heavy (non-hydrogen) atoms. The summed E-state index contributed by atoms with van der Waals surface area (Å²) < 4.78 is 1.43. The smallest absolute Gasteiger partial charge is 0.239 e. The molecular weight excluding hydrogens is 414 g/mol. The van der Waals surface area contributed by atoms with Crippen molar-refractivity contribution < 1.29 is 4.79 Å². The largest absolute Gasteiger partial charge is 0.321 e. The van der Waals surface area contributed by atoms with Crippen LogP contribution in [-0.4, -0.2) is 25.3 Å². The van der Waals surface area contributed by atoms with Gasteiger partial charge in [-0.15, -0.1) is 11.8 Å². The highest BCUT2D eigenvalue weighted by molar-refractivity contribution is 8.02. The third-order valence-electron chi connectivity index (χ3n) is 5.74. The lowest BCUT2D eigenvalue weighted by atomic mass is 10.1. The standard InChI is InChI=1S/C27H25N3OS/c1-27(2)26(31)29(18-20-12-6-3-7-13-20)25(32-27)23-19-30(22-16-10-5-11-17-22)28-24(23)21-14-8-4-9-15-21/h3-17,19,25H,18H2,1-2H3. The van der Waals surface area contributed by atoms with Crippen molar-refractivity contribution in [2.75, 3.05) is 0 Å². The third-order valence-corrected chi connectivity index (χ3v) is 7.23. The Morgan fingerprint density at radius 3 is 2.12 bits per heavy atom. The lowest BCUT2D eigenvalue weighted by Crippen LogP contribution is -2.34. The molecular formula is C27H25N3OS. The molecule has 1 atom stereocenters. The molecule has 1 aromatic heterocycles. The second-order valence-corrected chi connectivity index (χ2v) is 10.2. The Labute approximate surface area is 192 Å². The first-order valence-corrected chi connectivity index (χ1v) is 11.6. The molecule has 4 nitrogen and oxygen atoms in total. The highest BCUT2D eigenvalue weighted by atomic mass is 32.2. The summed E-state index contributed by atoms with van der Waals surface area (Å²) in [5.41, 5.74) is 5.14. The molecule has 160 valence electrons. The van der Waals surface area contributed by atoms with Gasteiger partial charge in [0.15, 0.2) is 0 Å². The summed E-state index contributed by atoms with van der Waals surface area (Å²) in [5.74, 6) is 0.155. The number of nitrogens with zero attached hydrogens (tertiary/aromatic N) is 3. The summed E-state index contributed by atoms with van der Waals surface area (Å²) >= 11 is 1.70. The van der Waals surface area contributed by atoms with Gasteiger partial charge in [-0.2, -0.15) is 5.10 Å². The Bertz CT molecular complexity index is 1220. The van der Waals surface area contributed by atoms with Gasteiger partial charge in [-0.05, 0) is 31.5 Å². The van der Waals surface area contributed by atoms with Crippen molar-refractivity contribution in [1.29, 1.82) is 0 Å². The molecule has 1 aliphatic rings. The molecule has 2 heterocycles. The van der Waals surface area contributed by atoms with E-state index in [0.717, 1.165) is 28.1 Å². The SMILES string of the molecule is CC1(C)SC(c2cn(-c3ccccc3)nc2-c2ccccc2)N(Cc2ccccc2)C1=O. The van der Waals surface area contributed by atoms with Gasteiger partial charge in [-0.25, -0.2) is 4.68 Å². The summed E-state index contributed by atoms with van der Waals surface area (Å²) in [6.45, 7) is 4.61. The summed E-state index contributed by atoms with van der Waals surface area (Å²) in [7, 11) is 0. The number of hydrogen-bond acceptors (Lipinski definition) is 3. The van der Waals surface area contributed by atoms with Crippen LogP contribution in [0.1, 0.15) is 30.3 Å². The van der Waals surface area contributed by atoms with E-state index in [1.165, 1.54) is 0 Å². The van der Waals surface area contributed by atoms with Crippen LogP contribution in [-0.2, 0) is 11.3 Å². The number of thioether (sulfide) groups is 1. The van der Waals surface area contributed by atoms with E-state index in [2.05, 4.69) is 30.5 Å². The molecule has 1 unspecified atom stereocenters. The van der Waals surface area contributed by atoms with Crippen LogP contribution in [0.3, 0.4) is 0 Å². The highest BCUT2D eigenvalue weighted by Crippen LogP contribution is 2.51. The third kappa shape index (κ3) is 3.84. The zero-order chi connectivity index (χ0) is 22.1. The van der Waals surface area contributed by atoms with Gasteiger partial charge in [-0.1, -0.05) is 78.9 Å². The Balaban J connectivity index is 1.62. The van der Waals surface area contributed by atoms with E-state index >= 15 is 0 Å². The van der Waals surface area contributed by atoms with Crippen molar-refractivity contribution >= 4 is 17.7 Å². The van der Waals surface area contributed by atoms with Crippen LogP contribution in [0.4, 0.5) is 0 Å². The van der Waals surface area contributed by atoms with Crippen LogP contribution in [0.25, 0.3) is 16.9 Å². The molecule has 0 aliphatic carbocycles. The summed E-state index contributed by atoms with van der Waals surface area (Å²) in [4.78, 5) is 15.4. The fraction of sp³-hybridized carbons (Fsp3) is 0.185. The number of hydrogen-bond donors (Lipinski definition) is 0. The van der Waals surface area contributed by atoms with Crippen LogP contribution >= 0.6 is 11.8 Å². The topological polar surface area (TPSA) is 38.1 Å². The van der Waals surface area contributed by atoms with Gasteiger partial charge in [0.05, 0.1) is 16.1 Å². The van der Waals surface area contributed by atoms with E-state index in [9.17, 15) is 4.79 Å². The molecule has 4 aromatic rings. The summed E-state index contributed by atoms with van der Waals surface area (Å²) in [6.07, 6.45) is 2.09. The minimum atomic E-state index is -0.498. The van der Waals surface area contributed by atoms with Crippen molar-refractivity contribution in [3.8, 4) is 16.9 Å². The number of rotatable bonds is 5. The van der Waals surface area contributed by atoms with Gasteiger partial charge in [0, 0.05) is 23.9 Å². The van der Waals surface area contributed by atoms with E-state index in [0.29, 0.717) is 6.54 Å². The maximum Gasteiger partial charge on any atom is 0.239 e. The number of carbonyl (C=O) groups excluding carboxylic acids is 1. The molecule has 0 radical (unpaired) electrons. The predicted octanol–water partition coefficient (Wildman–Crippen LogP) is 6.09. The quantitative estimate of drug-likeness (QED) is 0.378. The van der Waals surface area contributed by atoms with E-state index in [1.54, 1.807) is 11.8 Å². The molecule has 1 saturated heterocycles. The Kier molecular flexibility index (Phi) is 5.35. The van der Waals surface area contributed by atoms with Crippen LogP contribution in [0, 0.1) is 0 Å². The van der Waals surface area contributed by atoms with E-state index in [4.69, 9.17) is 5.10 Å². The van der Waals surface area contributed by atoms with Crippen molar-refractivity contribution in [1.82, 2.24) is 14.7 Å². The normalized spacial score (nSPS) is 17.6. The van der Waals surface area contributed by atoms with Crippen LogP contribution < -0.4 is 0 Å². The number of carbonyl (C=O) groups is 1.